The van der Waals surface area contributed by atoms with E-state index in [0.29, 0.717) is 5.56 Å². The molecule has 0 spiro atoms. The SMILES string of the molecule is COC(CNC(=O)c1cccc(C)c1O)CC(=O)O. The monoisotopic (exact) mass is 267 g/mol. The number of para-hydroxylation sites is 1. The maximum atomic E-state index is 11.8. The van der Waals surface area contributed by atoms with Crippen LogP contribution in [0, 0.1) is 6.92 Å². The van der Waals surface area contributed by atoms with Crippen LogP contribution in [0.4, 0.5) is 0 Å². The van der Waals surface area contributed by atoms with Gasteiger partial charge >= 0.3 is 5.97 Å². The highest BCUT2D eigenvalue weighted by molar-refractivity contribution is 5.97. The molecule has 1 atom stereocenters. The molecule has 0 bridgehead atoms. The maximum absolute atomic E-state index is 11.8. The third kappa shape index (κ3) is 4.26. The summed E-state index contributed by atoms with van der Waals surface area (Å²) in [5.74, 6) is -1.54. The first-order valence-electron chi connectivity index (χ1n) is 5.77. The summed E-state index contributed by atoms with van der Waals surface area (Å²) >= 11 is 0. The number of amides is 1. The van der Waals surface area contributed by atoms with Crippen LogP contribution in [-0.4, -0.2) is 41.8 Å². The molecule has 19 heavy (non-hydrogen) atoms. The van der Waals surface area contributed by atoms with Gasteiger partial charge in [0.25, 0.3) is 5.91 Å². The highest BCUT2D eigenvalue weighted by Crippen LogP contribution is 2.21. The third-order valence-corrected chi connectivity index (χ3v) is 2.71. The number of carbonyl (C=O) groups is 2. The van der Waals surface area contributed by atoms with Crippen LogP contribution in [0.5, 0.6) is 5.75 Å². The Morgan fingerprint density at radius 2 is 2.11 bits per heavy atom. The lowest BCUT2D eigenvalue weighted by Gasteiger charge is -2.14. The molecule has 0 saturated heterocycles. The Kier molecular flexibility index (Phi) is 5.32. The van der Waals surface area contributed by atoms with Crippen molar-refractivity contribution in [2.45, 2.75) is 19.4 Å². The molecule has 0 aromatic heterocycles. The second-order valence-electron chi connectivity index (χ2n) is 4.14. The zero-order valence-electron chi connectivity index (χ0n) is 10.8. The van der Waals surface area contributed by atoms with Crippen LogP contribution in [0.2, 0.25) is 0 Å². The number of phenolic OH excluding ortho intramolecular Hbond substituents is 1. The van der Waals surface area contributed by atoms with Crippen LogP contribution in [0.1, 0.15) is 22.3 Å². The summed E-state index contributed by atoms with van der Waals surface area (Å²) in [5.41, 5.74) is 0.756. The Hall–Kier alpha value is -2.08. The summed E-state index contributed by atoms with van der Waals surface area (Å²) in [6.45, 7) is 1.75. The zero-order valence-corrected chi connectivity index (χ0v) is 10.8. The van der Waals surface area contributed by atoms with E-state index in [1.54, 1.807) is 19.1 Å². The second-order valence-corrected chi connectivity index (χ2v) is 4.14. The average Bonchev–Trinajstić information content (AvgIpc) is 2.37. The fourth-order valence-corrected chi connectivity index (χ4v) is 1.58. The van der Waals surface area contributed by atoms with Crippen LogP contribution in [0.25, 0.3) is 0 Å². The van der Waals surface area contributed by atoms with Crippen molar-refractivity contribution in [2.24, 2.45) is 0 Å². The van der Waals surface area contributed by atoms with Crippen molar-refractivity contribution in [2.75, 3.05) is 13.7 Å². The van der Waals surface area contributed by atoms with E-state index in [-0.39, 0.29) is 24.3 Å². The number of hydrogen-bond donors (Lipinski definition) is 3. The van der Waals surface area contributed by atoms with Crippen molar-refractivity contribution >= 4 is 11.9 Å². The molecule has 1 amide bonds. The quantitative estimate of drug-likeness (QED) is 0.712. The molecule has 0 fully saturated rings. The predicted octanol–water partition coefficient (Wildman–Crippen LogP) is 0.920. The van der Waals surface area contributed by atoms with E-state index in [1.165, 1.54) is 13.2 Å². The molecule has 6 nitrogen and oxygen atoms in total. The normalized spacial score (nSPS) is 11.9. The minimum absolute atomic E-state index is 0.0645. The highest BCUT2D eigenvalue weighted by Gasteiger charge is 2.16. The lowest BCUT2D eigenvalue weighted by Crippen LogP contribution is -2.34. The van der Waals surface area contributed by atoms with Crippen LogP contribution >= 0.6 is 0 Å². The van der Waals surface area contributed by atoms with Gasteiger partial charge in [0.1, 0.15) is 5.75 Å². The number of aliphatic carboxylic acids is 1. The number of rotatable bonds is 6. The largest absolute Gasteiger partial charge is 0.507 e. The number of carboxylic acids is 1. The third-order valence-electron chi connectivity index (χ3n) is 2.71. The molecule has 0 radical (unpaired) electrons. The molecular weight excluding hydrogens is 250 g/mol. The number of benzene rings is 1. The topological polar surface area (TPSA) is 95.9 Å². The van der Waals surface area contributed by atoms with Gasteiger partial charge in [-0.3, -0.25) is 9.59 Å². The number of aromatic hydroxyl groups is 1. The van der Waals surface area contributed by atoms with Gasteiger partial charge in [0.15, 0.2) is 0 Å². The van der Waals surface area contributed by atoms with E-state index in [9.17, 15) is 14.7 Å². The first-order valence-corrected chi connectivity index (χ1v) is 5.77. The highest BCUT2D eigenvalue weighted by atomic mass is 16.5. The fraction of sp³-hybridized carbons (Fsp3) is 0.385. The van der Waals surface area contributed by atoms with Gasteiger partial charge in [-0.2, -0.15) is 0 Å². The number of methoxy groups -OCH3 is 1. The Morgan fingerprint density at radius 3 is 2.68 bits per heavy atom. The van der Waals surface area contributed by atoms with E-state index >= 15 is 0 Å². The van der Waals surface area contributed by atoms with E-state index in [2.05, 4.69) is 5.32 Å². The van der Waals surface area contributed by atoms with E-state index in [4.69, 9.17) is 9.84 Å². The lowest BCUT2D eigenvalue weighted by molar-refractivity contribution is -0.139. The van der Waals surface area contributed by atoms with Crippen molar-refractivity contribution in [3.05, 3.63) is 29.3 Å². The summed E-state index contributed by atoms with van der Waals surface area (Å²) < 4.78 is 4.94. The molecule has 0 saturated carbocycles. The summed E-state index contributed by atoms with van der Waals surface area (Å²) in [5, 5.41) is 20.9. The number of carbonyl (C=O) groups excluding carboxylic acids is 1. The average molecular weight is 267 g/mol. The number of hydrogen-bond acceptors (Lipinski definition) is 4. The maximum Gasteiger partial charge on any atom is 0.306 e. The van der Waals surface area contributed by atoms with E-state index in [1.807, 2.05) is 0 Å². The number of phenols is 1. The molecule has 1 aromatic rings. The minimum atomic E-state index is -1.00. The standard InChI is InChI=1S/C13H17NO5/c1-8-4-3-5-10(12(8)17)13(18)14-7-9(19-2)6-11(15)16/h3-5,9,17H,6-7H2,1-2H3,(H,14,18)(H,15,16). The molecule has 1 aromatic carbocycles. The fourth-order valence-electron chi connectivity index (χ4n) is 1.58. The number of nitrogens with one attached hydrogen (secondary N) is 1. The van der Waals surface area contributed by atoms with Gasteiger partial charge in [-0.25, -0.2) is 0 Å². The van der Waals surface area contributed by atoms with Crippen molar-refractivity contribution < 1.29 is 24.5 Å². The van der Waals surface area contributed by atoms with Crippen molar-refractivity contribution in [1.29, 1.82) is 0 Å². The van der Waals surface area contributed by atoms with Gasteiger partial charge in [0.2, 0.25) is 0 Å². The molecule has 0 aliphatic carbocycles. The second kappa shape index (κ2) is 6.75. The molecule has 3 N–H and O–H groups in total. The Morgan fingerprint density at radius 1 is 1.42 bits per heavy atom. The molecule has 1 unspecified atom stereocenters. The number of ether oxygens (including phenoxy) is 1. The van der Waals surface area contributed by atoms with E-state index in [0.717, 1.165) is 0 Å². The Bertz CT molecular complexity index is 472. The summed E-state index contributed by atoms with van der Waals surface area (Å²) in [6, 6.07) is 4.85. The molecular formula is C13H17NO5. The van der Waals surface area contributed by atoms with Crippen molar-refractivity contribution in [3.63, 3.8) is 0 Å². The molecule has 104 valence electrons. The van der Waals surface area contributed by atoms with Gasteiger partial charge in [0, 0.05) is 13.7 Å². The van der Waals surface area contributed by atoms with Gasteiger partial charge in [-0.1, -0.05) is 12.1 Å². The van der Waals surface area contributed by atoms with Gasteiger partial charge < -0.3 is 20.3 Å². The van der Waals surface area contributed by atoms with Gasteiger partial charge in [0.05, 0.1) is 18.1 Å². The van der Waals surface area contributed by atoms with Crippen molar-refractivity contribution in [1.82, 2.24) is 5.32 Å². The van der Waals surface area contributed by atoms with Crippen molar-refractivity contribution in [3.8, 4) is 5.75 Å². The Labute approximate surface area is 111 Å². The number of aryl methyl sites for hydroxylation is 1. The molecule has 0 heterocycles. The smallest absolute Gasteiger partial charge is 0.306 e. The lowest BCUT2D eigenvalue weighted by atomic mass is 10.1. The summed E-state index contributed by atoms with van der Waals surface area (Å²) in [6.07, 6.45) is -0.801. The molecule has 1 rings (SSSR count). The molecule has 0 aliphatic rings. The predicted molar refractivity (Wildman–Crippen MR) is 68.2 cm³/mol. The van der Waals surface area contributed by atoms with Crippen LogP contribution in [-0.2, 0) is 9.53 Å². The Balaban J connectivity index is 2.64. The van der Waals surface area contributed by atoms with Gasteiger partial charge in [-0.15, -0.1) is 0 Å². The van der Waals surface area contributed by atoms with E-state index < -0.39 is 18.0 Å². The first-order chi connectivity index (χ1) is 8.95. The van der Waals surface area contributed by atoms with Crippen LogP contribution in [0.15, 0.2) is 18.2 Å². The number of carboxylic acid groups (broad SMARTS) is 1. The molecule has 0 aliphatic heterocycles. The minimum Gasteiger partial charge on any atom is -0.507 e. The first kappa shape index (κ1) is 15.0. The van der Waals surface area contributed by atoms with Crippen LogP contribution in [0.3, 0.4) is 0 Å². The van der Waals surface area contributed by atoms with Gasteiger partial charge in [-0.05, 0) is 18.6 Å². The zero-order chi connectivity index (χ0) is 14.4. The molecule has 6 heteroatoms. The van der Waals surface area contributed by atoms with Crippen LogP contribution < -0.4 is 5.32 Å². The summed E-state index contributed by atoms with van der Waals surface area (Å²) in [4.78, 5) is 22.4. The summed E-state index contributed by atoms with van der Waals surface area (Å²) in [7, 11) is 1.38.